The maximum atomic E-state index is 3.78. The van der Waals surface area contributed by atoms with E-state index in [1.165, 1.54) is 22.1 Å². The first kappa shape index (κ1) is 9.34. The van der Waals surface area contributed by atoms with E-state index in [-0.39, 0.29) is 6.98 Å². The lowest BCUT2D eigenvalue weighted by Crippen LogP contribution is -2.36. The van der Waals surface area contributed by atoms with E-state index >= 15 is 0 Å². The van der Waals surface area contributed by atoms with Crippen molar-refractivity contribution in [1.29, 1.82) is 0 Å². The zero-order chi connectivity index (χ0) is 11.0. The first-order valence-electron chi connectivity index (χ1n) is 5.54. The molecule has 2 aromatic rings. The summed E-state index contributed by atoms with van der Waals surface area (Å²) in [6.07, 6.45) is 2.84. The summed E-state index contributed by atoms with van der Waals surface area (Å²) in [5.74, 6) is 0. The summed E-state index contributed by atoms with van der Waals surface area (Å²) in [6, 6.07) is 12.7. The predicted octanol–water partition coefficient (Wildman–Crippen LogP) is 3.35. The zero-order valence-electron chi connectivity index (χ0n) is 9.03. The molecule has 0 saturated heterocycles. The van der Waals surface area contributed by atoms with Crippen molar-refractivity contribution >= 4 is 29.1 Å². The van der Waals surface area contributed by atoms with Crippen molar-refractivity contribution in [3.8, 4) is 0 Å². The van der Waals surface area contributed by atoms with E-state index in [1.54, 1.807) is 0 Å². The molecule has 0 atom stereocenters. The number of benzene rings is 2. The Morgan fingerprint density at radius 2 is 1.69 bits per heavy atom. The molecule has 0 saturated carbocycles. The zero-order valence-corrected chi connectivity index (χ0v) is 9.03. The summed E-state index contributed by atoms with van der Waals surface area (Å²) in [4.78, 5) is 0. The van der Waals surface area contributed by atoms with Gasteiger partial charge in [0.05, 0.1) is 0 Å². The van der Waals surface area contributed by atoms with Crippen LogP contribution in [0.3, 0.4) is 0 Å². The van der Waals surface area contributed by atoms with Crippen molar-refractivity contribution in [2.24, 2.45) is 0 Å². The number of hydrogen-bond acceptors (Lipinski definition) is 2. The van der Waals surface area contributed by atoms with Gasteiger partial charge in [0, 0.05) is 16.8 Å². The molecule has 0 bridgehead atoms. The SMILES string of the molecule is C=CCB1Nc2cccc3cccc(c23)N1. The third-order valence-electron chi connectivity index (χ3n) is 2.97. The van der Waals surface area contributed by atoms with Gasteiger partial charge in [0.15, 0.2) is 0 Å². The van der Waals surface area contributed by atoms with Crippen LogP contribution >= 0.6 is 0 Å². The van der Waals surface area contributed by atoms with Crippen LogP contribution in [0.4, 0.5) is 11.4 Å². The average Bonchev–Trinajstić information content (AvgIpc) is 2.30. The van der Waals surface area contributed by atoms with Crippen LogP contribution in [0.1, 0.15) is 0 Å². The summed E-state index contributed by atoms with van der Waals surface area (Å²) in [7, 11) is 0. The lowest BCUT2D eigenvalue weighted by molar-refractivity contribution is 1.52. The smallest absolute Gasteiger partial charge is 0.374 e. The van der Waals surface area contributed by atoms with Crippen LogP contribution in [0.5, 0.6) is 0 Å². The van der Waals surface area contributed by atoms with Gasteiger partial charge in [-0.25, -0.2) is 0 Å². The molecule has 1 aliphatic heterocycles. The molecule has 0 radical (unpaired) electrons. The lowest BCUT2D eigenvalue weighted by Gasteiger charge is -2.25. The monoisotopic (exact) mass is 208 g/mol. The van der Waals surface area contributed by atoms with Gasteiger partial charge in [-0.1, -0.05) is 30.3 Å². The molecule has 78 valence electrons. The van der Waals surface area contributed by atoms with Crippen LogP contribution in [-0.4, -0.2) is 6.98 Å². The van der Waals surface area contributed by atoms with E-state index in [4.69, 9.17) is 0 Å². The van der Waals surface area contributed by atoms with Crippen LogP contribution in [0.15, 0.2) is 49.1 Å². The number of anilines is 2. The van der Waals surface area contributed by atoms with Gasteiger partial charge in [-0.05, 0) is 23.8 Å². The van der Waals surface area contributed by atoms with E-state index in [0.29, 0.717) is 0 Å². The second-order valence-electron chi connectivity index (χ2n) is 4.07. The molecule has 0 unspecified atom stereocenters. The van der Waals surface area contributed by atoms with Gasteiger partial charge in [-0.2, -0.15) is 0 Å². The van der Waals surface area contributed by atoms with Crippen molar-refractivity contribution in [1.82, 2.24) is 0 Å². The molecule has 0 aliphatic carbocycles. The first-order valence-corrected chi connectivity index (χ1v) is 5.54. The van der Waals surface area contributed by atoms with E-state index in [9.17, 15) is 0 Å². The van der Waals surface area contributed by atoms with Crippen LogP contribution < -0.4 is 10.5 Å². The van der Waals surface area contributed by atoms with Gasteiger partial charge >= 0.3 is 6.98 Å². The normalized spacial score (nSPS) is 13.1. The summed E-state index contributed by atoms with van der Waals surface area (Å²) >= 11 is 0. The Bertz CT molecular complexity index is 510. The Morgan fingerprint density at radius 3 is 2.25 bits per heavy atom. The van der Waals surface area contributed by atoms with Crippen molar-refractivity contribution in [3.63, 3.8) is 0 Å². The van der Waals surface area contributed by atoms with Gasteiger partial charge in [0.1, 0.15) is 0 Å². The molecule has 0 fully saturated rings. The molecular formula is C13H13BN2. The summed E-state index contributed by atoms with van der Waals surface area (Å²) in [5, 5.41) is 9.51. The van der Waals surface area contributed by atoms with Crippen molar-refractivity contribution in [2.45, 2.75) is 6.32 Å². The number of rotatable bonds is 2. The van der Waals surface area contributed by atoms with Crippen molar-refractivity contribution in [3.05, 3.63) is 49.1 Å². The van der Waals surface area contributed by atoms with Crippen molar-refractivity contribution < 1.29 is 0 Å². The predicted molar refractivity (Wildman–Crippen MR) is 72.0 cm³/mol. The Hall–Kier alpha value is -1.90. The molecule has 3 rings (SSSR count). The summed E-state index contributed by atoms with van der Waals surface area (Å²) < 4.78 is 0. The first-order chi connectivity index (χ1) is 7.88. The highest BCUT2D eigenvalue weighted by Crippen LogP contribution is 2.34. The Kier molecular flexibility index (Phi) is 2.10. The highest BCUT2D eigenvalue weighted by Gasteiger charge is 2.21. The molecule has 2 N–H and O–H groups in total. The number of hydrogen-bond donors (Lipinski definition) is 2. The number of allylic oxidation sites excluding steroid dienone is 1. The largest absolute Gasteiger partial charge is 0.409 e. The van der Waals surface area contributed by atoms with Crippen LogP contribution in [0.25, 0.3) is 10.8 Å². The molecule has 1 heterocycles. The van der Waals surface area contributed by atoms with Crippen LogP contribution in [-0.2, 0) is 0 Å². The highest BCUT2D eigenvalue weighted by molar-refractivity contribution is 6.68. The fourth-order valence-electron chi connectivity index (χ4n) is 2.28. The molecule has 2 nitrogen and oxygen atoms in total. The minimum Gasteiger partial charge on any atom is -0.409 e. The van der Waals surface area contributed by atoms with Crippen LogP contribution in [0.2, 0.25) is 6.32 Å². The van der Waals surface area contributed by atoms with E-state index in [2.05, 4.69) is 53.4 Å². The highest BCUT2D eigenvalue weighted by atomic mass is 15.0. The quantitative estimate of drug-likeness (QED) is 0.584. The molecule has 0 amide bonds. The third kappa shape index (κ3) is 1.36. The van der Waals surface area contributed by atoms with Gasteiger partial charge < -0.3 is 10.5 Å². The fraction of sp³-hybridized carbons (Fsp3) is 0.0769. The van der Waals surface area contributed by atoms with E-state index in [1.807, 2.05) is 6.08 Å². The average molecular weight is 208 g/mol. The van der Waals surface area contributed by atoms with Crippen LogP contribution in [0, 0.1) is 0 Å². The van der Waals surface area contributed by atoms with E-state index < -0.39 is 0 Å². The lowest BCUT2D eigenvalue weighted by atomic mass is 9.70. The Balaban J connectivity index is 2.16. The summed E-state index contributed by atoms with van der Waals surface area (Å²) in [6.45, 7) is 4.03. The van der Waals surface area contributed by atoms with Gasteiger partial charge in [-0.15, -0.1) is 6.58 Å². The minimum absolute atomic E-state index is 0.248. The maximum absolute atomic E-state index is 3.78. The molecule has 16 heavy (non-hydrogen) atoms. The minimum atomic E-state index is 0.248. The Morgan fingerprint density at radius 1 is 1.06 bits per heavy atom. The fourth-order valence-corrected chi connectivity index (χ4v) is 2.28. The standard InChI is InChI=1S/C13H13BN2/c1-2-9-14-15-11-7-3-5-10-6-4-8-12(16-14)13(10)11/h2-8,15-16H,1,9H2. The van der Waals surface area contributed by atoms with Crippen molar-refractivity contribution in [2.75, 3.05) is 10.5 Å². The van der Waals surface area contributed by atoms with Gasteiger partial charge in [0.25, 0.3) is 0 Å². The topological polar surface area (TPSA) is 24.1 Å². The second-order valence-corrected chi connectivity index (χ2v) is 4.07. The molecule has 0 aromatic heterocycles. The molecule has 2 aromatic carbocycles. The van der Waals surface area contributed by atoms with Gasteiger partial charge in [-0.3, -0.25) is 0 Å². The Labute approximate surface area is 95.5 Å². The van der Waals surface area contributed by atoms with E-state index in [0.717, 1.165) is 6.32 Å². The summed E-state index contributed by atoms with van der Waals surface area (Å²) in [5.41, 5.74) is 2.41. The maximum Gasteiger partial charge on any atom is 0.374 e. The molecule has 0 spiro atoms. The molecule has 3 heteroatoms. The van der Waals surface area contributed by atoms with Gasteiger partial charge in [0.2, 0.25) is 0 Å². The third-order valence-corrected chi connectivity index (χ3v) is 2.97. The molecule has 1 aliphatic rings. The second kappa shape index (κ2) is 3.60. The number of nitrogens with one attached hydrogen (secondary N) is 2. The molecular weight excluding hydrogens is 195 g/mol.